The van der Waals surface area contributed by atoms with Crippen LogP contribution >= 0.6 is 0 Å². The number of pyridine rings is 1. The molecule has 1 heterocycles. The molecule has 1 aromatic carbocycles. The Morgan fingerprint density at radius 2 is 1.93 bits per heavy atom. The van der Waals surface area contributed by atoms with Crippen molar-refractivity contribution in [1.82, 2.24) is 4.57 Å². The molecule has 0 aliphatic heterocycles. The summed E-state index contributed by atoms with van der Waals surface area (Å²) in [4.78, 5) is 24.9. The van der Waals surface area contributed by atoms with E-state index < -0.39 is 11.5 Å². The molecule has 0 radical (unpaired) electrons. The molecule has 2 rings (SSSR count). The molecule has 0 amide bonds. The molecule has 6 heteroatoms. The molecule has 6 nitrogen and oxygen atoms in total. The van der Waals surface area contributed by atoms with E-state index in [-0.39, 0.29) is 5.56 Å². The van der Waals surface area contributed by atoms with E-state index in [1.54, 1.807) is 4.57 Å². The lowest BCUT2D eigenvalue weighted by Gasteiger charge is -2.36. The maximum atomic E-state index is 12.9. The van der Waals surface area contributed by atoms with Crippen molar-refractivity contribution in [1.29, 1.82) is 0 Å². The van der Waals surface area contributed by atoms with Crippen LogP contribution in [0, 0.1) is 0 Å². The zero-order valence-corrected chi connectivity index (χ0v) is 17.2. The second-order valence-corrected chi connectivity index (χ2v) is 7.12. The van der Waals surface area contributed by atoms with Crippen LogP contribution in [0.1, 0.15) is 37.6 Å². The number of aromatic nitrogens is 1. The quantitative estimate of drug-likeness (QED) is 0.458. The van der Waals surface area contributed by atoms with Crippen LogP contribution < -0.4 is 10.9 Å². The van der Waals surface area contributed by atoms with Gasteiger partial charge in [-0.2, -0.15) is 0 Å². The van der Waals surface area contributed by atoms with Crippen LogP contribution in [0.2, 0.25) is 0 Å². The van der Waals surface area contributed by atoms with Gasteiger partial charge in [0.25, 0.3) is 5.56 Å². The minimum absolute atomic E-state index is 0.179. The van der Waals surface area contributed by atoms with Crippen LogP contribution in [-0.2, 0) is 6.54 Å². The van der Waals surface area contributed by atoms with Crippen LogP contribution in [0.25, 0.3) is 10.9 Å². The average Bonchev–Trinajstić information content (AvgIpc) is 2.69. The van der Waals surface area contributed by atoms with Gasteiger partial charge in [0.1, 0.15) is 5.56 Å². The van der Waals surface area contributed by atoms with Crippen LogP contribution in [0.3, 0.4) is 0 Å². The van der Waals surface area contributed by atoms with Crippen molar-refractivity contribution in [3.63, 3.8) is 0 Å². The fraction of sp³-hybridized carbons (Fsp3) is 0.455. The molecule has 0 spiro atoms. The number of aryl methyl sites for hydroxylation is 1. The van der Waals surface area contributed by atoms with E-state index in [9.17, 15) is 14.7 Å². The number of aromatic carboxylic acids is 1. The van der Waals surface area contributed by atoms with Crippen LogP contribution in [0.4, 0.5) is 5.69 Å². The first-order valence-electron chi connectivity index (χ1n) is 10.0. The van der Waals surface area contributed by atoms with Gasteiger partial charge < -0.3 is 19.5 Å². The Bertz CT molecular complexity index is 898. The van der Waals surface area contributed by atoms with E-state index in [0.717, 1.165) is 48.0 Å². The van der Waals surface area contributed by atoms with Crippen LogP contribution in [-0.4, -0.2) is 52.8 Å². The Morgan fingerprint density at radius 1 is 1.25 bits per heavy atom. The van der Waals surface area contributed by atoms with Gasteiger partial charge in [0.15, 0.2) is 0 Å². The number of hydrogen-bond donors (Lipinski definition) is 2. The van der Waals surface area contributed by atoms with Crippen molar-refractivity contribution >= 4 is 22.6 Å². The van der Waals surface area contributed by atoms with E-state index in [1.165, 1.54) is 0 Å². The van der Waals surface area contributed by atoms with Gasteiger partial charge in [-0.05, 0) is 32.4 Å². The van der Waals surface area contributed by atoms with Crippen molar-refractivity contribution < 1.29 is 14.4 Å². The number of benzene rings is 1. The number of nitrogens with one attached hydrogen (secondary N) is 1. The number of likely N-dealkylation sites (N-methyl/N-ethyl adjacent to an activating group) is 1. The first-order valence-corrected chi connectivity index (χ1v) is 10.0. The Balaban J connectivity index is 2.50. The third kappa shape index (κ3) is 4.28. The van der Waals surface area contributed by atoms with Gasteiger partial charge in [0.05, 0.1) is 43.9 Å². The van der Waals surface area contributed by atoms with Crippen molar-refractivity contribution in [2.24, 2.45) is 0 Å². The molecule has 2 N–H and O–H groups in total. The lowest BCUT2D eigenvalue weighted by molar-refractivity contribution is -0.917. The number of rotatable bonds is 11. The maximum absolute atomic E-state index is 12.9. The smallest absolute Gasteiger partial charge is 0.343 e. The number of fused-ring (bicyclic) bond motifs is 1. The third-order valence-electron chi connectivity index (χ3n) is 5.58. The molecule has 28 heavy (non-hydrogen) atoms. The zero-order valence-electron chi connectivity index (χ0n) is 17.2. The summed E-state index contributed by atoms with van der Waals surface area (Å²) < 4.78 is 2.43. The summed E-state index contributed by atoms with van der Waals surface area (Å²) in [7, 11) is 0. The van der Waals surface area contributed by atoms with Crippen molar-refractivity contribution in [3.8, 4) is 0 Å². The van der Waals surface area contributed by atoms with Crippen molar-refractivity contribution in [3.05, 3.63) is 52.8 Å². The number of nitrogens with zero attached hydrogens (tertiary/aromatic N) is 2. The van der Waals surface area contributed by atoms with E-state index >= 15 is 0 Å². The van der Waals surface area contributed by atoms with Crippen LogP contribution in [0.5, 0.6) is 0 Å². The molecule has 0 aliphatic rings. The minimum Gasteiger partial charge on any atom is -0.477 e. The number of hydrogen-bond acceptors (Lipinski definition) is 3. The Labute approximate surface area is 166 Å². The molecular weight excluding hydrogens is 354 g/mol. The predicted octanol–water partition coefficient (Wildman–Crippen LogP) is 3.56. The van der Waals surface area contributed by atoms with E-state index in [0.29, 0.717) is 18.8 Å². The van der Waals surface area contributed by atoms with Gasteiger partial charge in [-0.25, -0.2) is 4.79 Å². The highest BCUT2D eigenvalue weighted by Gasteiger charge is 2.24. The van der Waals surface area contributed by atoms with Gasteiger partial charge in [0, 0.05) is 11.9 Å². The summed E-state index contributed by atoms with van der Waals surface area (Å²) in [5.41, 5.74) is 0.555. The largest absolute Gasteiger partial charge is 0.477 e. The molecular formula is C22H32N3O3+. The molecule has 0 saturated heterocycles. The molecule has 0 fully saturated rings. The topological polar surface area (TPSA) is 71.3 Å². The number of quaternary nitrogens is 1. The minimum atomic E-state index is -1.19. The highest BCUT2D eigenvalue weighted by Crippen LogP contribution is 2.25. The zero-order chi connectivity index (χ0) is 20.7. The summed E-state index contributed by atoms with van der Waals surface area (Å²) in [6.45, 7) is 14.8. The van der Waals surface area contributed by atoms with E-state index in [4.69, 9.17) is 0 Å². The van der Waals surface area contributed by atoms with Crippen molar-refractivity contribution in [2.75, 3.05) is 38.0 Å². The second kappa shape index (κ2) is 9.55. The van der Waals surface area contributed by atoms with E-state index in [1.807, 2.05) is 37.3 Å². The standard InChI is InChI=1S/C22H31N3O3/c1-5-14-24-18-12-10-9-11-17(18)20(19(21(24)26)22(27)28)23-13-16-25(7-3,8-4)15-6-2/h6,9-12H,2,5,7-8,13-16H2,1,3-4H3,(H-,23,26,27,28)/p+1. The van der Waals surface area contributed by atoms with Gasteiger partial charge in [-0.15, -0.1) is 0 Å². The third-order valence-corrected chi connectivity index (χ3v) is 5.58. The summed E-state index contributed by atoms with van der Waals surface area (Å²) in [6, 6.07) is 7.49. The Kier molecular flexibility index (Phi) is 7.40. The fourth-order valence-electron chi connectivity index (χ4n) is 3.82. The predicted molar refractivity (Wildman–Crippen MR) is 115 cm³/mol. The molecule has 2 aromatic rings. The molecule has 0 bridgehead atoms. The summed E-state index contributed by atoms with van der Waals surface area (Å²) in [6.07, 6.45) is 2.68. The SMILES string of the molecule is C=CC[N+](CC)(CC)CCNc1c(C(=O)O)c(=O)n(CCC)c2ccccc12. The van der Waals surface area contributed by atoms with Gasteiger partial charge >= 0.3 is 5.97 Å². The lowest BCUT2D eigenvalue weighted by Crippen LogP contribution is -2.50. The van der Waals surface area contributed by atoms with Gasteiger partial charge in [0.2, 0.25) is 0 Å². The summed E-state index contributed by atoms with van der Waals surface area (Å²) in [5, 5.41) is 13.8. The summed E-state index contributed by atoms with van der Waals surface area (Å²) >= 11 is 0. The first kappa shape index (κ1) is 21.7. The number of anilines is 1. The number of carbonyl (C=O) groups is 1. The second-order valence-electron chi connectivity index (χ2n) is 7.12. The van der Waals surface area contributed by atoms with Crippen molar-refractivity contribution in [2.45, 2.75) is 33.7 Å². The monoisotopic (exact) mass is 386 g/mol. The normalized spacial score (nSPS) is 11.5. The van der Waals surface area contributed by atoms with E-state index in [2.05, 4.69) is 25.7 Å². The highest BCUT2D eigenvalue weighted by molar-refractivity contribution is 6.04. The number of para-hydroxylation sites is 1. The molecule has 0 unspecified atom stereocenters. The summed E-state index contributed by atoms with van der Waals surface area (Å²) in [5.74, 6) is -1.19. The van der Waals surface area contributed by atoms with Gasteiger partial charge in [-0.3, -0.25) is 4.79 Å². The van der Waals surface area contributed by atoms with Gasteiger partial charge in [-0.1, -0.05) is 31.7 Å². The molecule has 0 saturated carbocycles. The Hall–Kier alpha value is -2.60. The fourth-order valence-corrected chi connectivity index (χ4v) is 3.82. The molecule has 152 valence electrons. The molecule has 0 atom stereocenters. The lowest BCUT2D eigenvalue weighted by atomic mass is 10.1. The molecule has 0 aliphatic carbocycles. The Morgan fingerprint density at radius 3 is 2.50 bits per heavy atom. The average molecular weight is 387 g/mol. The number of carboxylic acids is 1. The number of carboxylic acid groups (broad SMARTS) is 1. The highest BCUT2D eigenvalue weighted by atomic mass is 16.4. The molecule has 1 aromatic heterocycles. The van der Waals surface area contributed by atoms with Crippen LogP contribution in [0.15, 0.2) is 41.7 Å². The maximum Gasteiger partial charge on any atom is 0.343 e. The first-order chi connectivity index (χ1) is 13.4.